The number of halogens is 2. The number of phenolic OH excluding ortho intramolecular Hbond substituents is 1. The summed E-state index contributed by atoms with van der Waals surface area (Å²) in [6.45, 7) is -0.0430. The summed E-state index contributed by atoms with van der Waals surface area (Å²) in [5.74, 6) is -4.01. The Morgan fingerprint density at radius 3 is 2.71 bits per heavy atom. The van der Waals surface area contributed by atoms with Crippen LogP contribution in [0.25, 0.3) is 0 Å². The normalized spacial score (nSPS) is 10.2. The van der Waals surface area contributed by atoms with Crippen molar-refractivity contribution in [2.24, 2.45) is 0 Å². The van der Waals surface area contributed by atoms with Crippen LogP contribution in [0.1, 0.15) is 10.4 Å². The van der Waals surface area contributed by atoms with E-state index in [1.807, 2.05) is 0 Å². The average Bonchev–Trinajstić information content (AvgIpc) is 2.15. The minimum absolute atomic E-state index is 0.0430. The Kier molecular flexibility index (Phi) is 3.14. The van der Waals surface area contributed by atoms with Gasteiger partial charge in [-0.05, 0) is 19.2 Å². The first-order valence-corrected chi connectivity index (χ1v) is 3.92. The van der Waals surface area contributed by atoms with E-state index < -0.39 is 23.2 Å². The summed E-state index contributed by atoms with van der Waals surface area (Å²) in [7, 11) is 1.54. The van der Waals surface area contributed by atoms with Crippen molar-refractivity contribution in [3.63, 3.8) is 0 Å². The van der Waals surface area contributed by atoms with Gasteiger partial charge in [-0.2, -0.15) is 4.39 Å². The van der Waals surface area contributed by atoms with Crippen LogP contribution in [-0.4, -0.2) is 24.5 Å². The molecule has 0 fully saturated rings. The molecule has 0 aromatic heterocycles. The number of phenols is 1. The van der Waals surface area contributed by atoms with Crippen molar-refractivity contribution < 1.29 is 18.7 Å². The molecule has 76 valence electrons. The number of aromatic hydroxyl groups is 1. The van der Waals surface area contributed by atoms with Crippen LogP contribution in [0.2, 0.25) is 0 Å². The number of carbonyl (C=O) groups is 1. The van der Waals surface area contributed by atoms with Gasteiger partial charge in [-0.3, -0.25) is 4.79 Å². The summed E-state index contributed by atoms with van der Waals surface area (Å²) >= 11 is 0. The quantitative estimate of drug-likeness (QED) is 0.719. The molecule has 5 heteroatoms. The first-order chi connectivity index (χ1) is 6.57. The van der Waals surface area contributed by atoms with Crippen LogP contribution in [0.3, 0.4) is 0 Å². The van der Waals surface area contributed by atoms with Gasteiger partial charge in [0.05, 0.1) is 12.1 Å². The summed E-state index contributed by atoms with van der Waals surface area (Å²) in [5.41, 5.74) is -0.224. The molecule has 0 amide bonds. The van der Waals surface area contributed by atoms with E-state index in [9.17, 15) is 13.6 Å². The van der Waals surface area contributed by atoms with Gasteiger partial charge in [0.15, 0.2) is 17.3 Å². The van der Waals surface area contributed by atoms with Gasteiger partial charge in [-0.15, -0.1) is 0 Å². The fourth-order valence-electron chi connectivity index (χ4n) is 1.02. The number of Topliss-reactive ketones (excluding diaryl/α,β-unsaturated/α-hetero) is 1. The zero-order valence-electron chi connectivity index (χ0n) is 7.47. The van der Waals surface area contributed by atoms with Gasteiger partial charge in [0, 0.05) is 0 Å². The zero-order chi connectivity index (χ0) is 10.7. The SMILES string of the molecule is CNCC(=O)c1ccc(F)c(F)c1O. The molecule has 1 aromatic carbocycles. The maximum absolute atomic E-state index is 12.8. The standard InChI is InChI=1S/C9H9F2NO2/c1-12-4-7(13)5-2-3-6(10)8(11)9(5)14/h2-3,12,14H,4H2,1H3. The lowest BCUT2D eigenvalue weighted by atomic mass is 10.1. The Bertz CT molecular complexity index is 366. The molecule has 0 saturated heterocycles. The van der Waals surface area contributed by atoms with Crippen LogP contribution in [0, 0.1) is 11.6 Å². The third-order valence-corrected chi connectivity index (χ3v) is 1.71. The van der Waals surface area contributed by atoms with E-state index in [1.165, 1.54) is 7.05 Å². The number of ketones is 1. The van der Waals surface area contributed by atoms with Gasteiger partial charge in [0.2, 0.25) is 5.82 Å². The molecule has 0 unspecified atom stereocenters. The minimum atomic E-state index is -1.40. The Morgan fingerprint density at radius 1 is 1.50 bits per heavy atom. The molecular weight excluding hydrogens is 192 g/mol. The van der Waals surface area contributed by atoms with E-state index in [2.05, 4.69) is 5.32 Å². The largest absolute Gasteiger partial charge is 0.504 e. The molecule has 0 aliphatic heterocycles. The third kappa shape index (κ3) is 1.88. The van der Waals surface area contributed by atoms with Crippen molar-refractivity contribution in [2.45, 2.75) is 0 Å². The van der Waals surface area contributed by atoms with E-state index in [1.54, 1.807) is 0 Å². The smallest absolute Gasteiger partial charge is 0.201 e. The highest BCUT2D eigenvalue weighted by Gasteiger charge is 2.16. The fraction of sp³-hybridized carbons (Fsp3) is 0.222. The second-order valence-electron chi connectivity index (χ2n) is 2.71. The summed E-state index contributed by atoms with van der Waals surface area (Å²) in [4.78, 5) is 11.2. The molecular formula is C9H9F2NO2. The predicted octanol–water partition coefficient (Wildman–Crippen LogP) is 1.07. The highest BCUT2D eigenvalue weighted by Crippen LogP contribution is 2.23. The topological polar surface area (TPSA) is 49.3 Å². The zero-order valence-corrected chi connectivity index (χ0v) is 7.47. The molecule has 0 heterocycles. The monoisotopic (exact) mass is 201 g/mol. The van der Waals surface area contributed by atoms with Gasteiger partial charge in [-0.1, -0.05) is 0 Å². The summed E-state index contributed by atoms with van der Waals surface area (Å²) in [5, 5.41) is 11.7. The Hall–Kier alpha value is -1.49. The second-order valence-corrected chi connectivity index (χ2v) is 2.71. The van der Waals surface area contributed by atoms with Crippen LogP contribution >= 0.6 is 0 Å². The van der Waals surface area contributed by atoms with Crippen LogP contribution in [0.5, 0.6) is 5.75 Å². The number of hydrogen-bond acceptors (Lipinski definition) is 3. The first-order valence-electron chi connectivity index (χ1n) is 3.92. The molecule has 0 spiro atoms. The molecule has 0 bridgehead atoms. The van der Waals surface area contributed by atoms with Gasteiger partial charge >= 0.3 is 0 Å². The van der Waals surface area contributed by atoms with Crippen molar-refractivity contribution in [3.05, 3.63) is 29.3 Å². The molecule has 2 N–H and O–H groups in total. The number of rotatable bonds is 3. The molecule has 0 aliphatic carbocycles. The van der Waals surface area contributed by atoms with E-state index in [0.29, 0.717) is 0 Å². The fourth-order valence-corrected chi connectivity index (χ4v) is 1.02. The number of likely N-dealkylation sites (N-methyl/N-ethyl adjacent to an activating group) is 1. The second kappa shape index (κ2) is 4.15. The Labute approximate surface area is 79.4 Å². The van der Waals surface area contributed by atoms with E-state index in [-0.39, 0.29) is 12.1 Å². The van der Waals surface area contributed by atoms with Crippen molar-refractivity contribution in [1.29, 1.82) is 0 Å². The van der Waals surface area contributed by atoms with Crippen LogP contribution in [0.15, 0.2) is 12.1 Å². The molecule has 1 rings (SSSR count). The summed E-state index contributed by atoms with van der Waals surface area (Å²) in [6.07, 6.45) is 0. The summed E-state index contributed by atoms with van der Waals surface area (Å²) < 4.78 is 25.3. The molecule has 0 atom stereocenters. The van der Waals surface area contributed by atoms with Gasteiger partial charge in [0.1, 0.15) is 0 Å². The molecule has 14 heavy (non-hydrogen) atoms. The number of hydrogen-bond donors (Lipinski definition) is 2. The Morgan fingerprint density at radius 2 is 2.14 bits per heavy atom. The predicted molar refractivity (Wildman–Crippen MR) is 46.3 cm³/mol. The molecule has 0 radical (unpaired) electrons. The van der Waals surface area contributed by atoms with Crippen molar-refractivity contribution >= 4 is 5.78 Å². The van der Waals surface area contributed by atoms with E-state index in [4.69, 9.17) is 5.11 Å². The lowest BCUT2D eigenvalue weighted by Crippen LogP contribution is -2.18. The highest BCUT2D eigenvalue weighted by molar-refractivity contribution is 6.00. The molecule has 1 aromatic rings. The Balaban J connectivity index is 3.11. The maximum Gasteiger partial charge on any atom is 0.201 e. The average molecular weight is 201 g/mol. The van der Waals surface area contributed by atoms with E-state index >= 15 is 0 Å². The number of carbonyl (C=O) groups excluding carboxylic acids is 1. The van der Waals surface area contributed by atoms with Crippen molar-refractivity contribution in [2.75, 3.05) is 13.6 Å². The van der Waals surface area contributed by atoms with Crippen LogP contribution in [-0.2, 0) is 0 Å². The lowest BCUT2D eigenvalue weighted by Gasteiger charge is -2.04. The number of benzene rings is 1. The molecule has 3 nitrogen and oxygen atoms in total. The lowest BCUT2D eigenvalue weighted by molar-refractivity contribution is 0.0990. The minimum Gasteiger partial charge on any atom is -0.504 e. The van der Waals surface area contributed by atoms with E-state index in [0.717, 1.165) is 12.1 Å². The van der Waals surface area contributed by atoms with Gasteiger partial charge in [-0.25, -0.2) is 4.39 Å². The van der Waals surface area contributed by atoms with Gasteiger partial charge < -0.3 is 10.4 Å². The van der Waals surface area contributed by atoms with Crippen molar-refractivity contribution in [3.8, 4) is 5.75 Å². The third-order valence-electron chi connectivity index (χ3n) is 1.71. The van der Waals surface area contributed by atoms with Crippen LogP contribution in [0.4, 0.5) is 8.78 Å². The van der Waals surface area contributed by atoms with Crippen molar-refractivity contribution in [1.82, 2.24) is 5.32 Å². The number of nitrogens with one attached hydrogen (secondary N) is 1. The van der Waals surface area contributed by atoms with Crippen LogP contribution < -0.4 is 5.32 Å². The molecule has 0 aliphatic rings. The first kappa shape index (κ1) is 10.6. The maximum atomic E-state index is 12.8. The highest BCUT2D eigenvalue weighted by atomic mass is 19.2. The summed E-state index contributed by atoms with van der Waals surface area (Å²) in [6, 6.07) is 1.85. The van der Waals surface area contributed by atoms with Gasteiger partial charge in [0.25, 0.3) is 0 Å². The molecule has 0 saturated carbocycles.